The molecular formula is C15H21N3S. The molecule has 4 heteroatoms. The zero-order valence-electron chi connectivity index (χ0n) is 11.4. The van der Waals surface area contributed by atoms with Crippen molar-refractivity contribution in [3.05, 3.63) is 23.8 Å². The van der Waals surface area contributed by atoms with Crippen LogP contribution in [0.1, 0.15) is 38.2 Å². The Bertz CT molecular complexity index is 473. The van der Waals surface area contributed by atoms with E-state index in [0.29, 0.717) is 6.54 Å². The highest BCUT2D eigenvalue weighted by molar-refractivity contribution is 7.99. The van der Waals surface area contributed by atoms with E-state index >= 15 is 0 Å². The molecule has 3 nitrogen and oxygen atoms in total. The SMILES string of the molecule is CCSc1cccc(NC2(CN)CCCC2)c1C#N. The first-order valence-corrected chi connectivity index (χ1v) is 7.87. The molecule has 0 aromatic heterocycles. The summed E-state index contributed by atoms with van der Waals surface area (Å²) in [6.07, 6.45) is 4.63. The topological polar surface area (TPSA) is 61.8 Å². The number of nitrogens with zero attached hydrogens (tertiary/aromatic N) is 1. The van der Waals surface area contributed by atoms with E-state index in [-0.39, 0.29) is 5.54 Å². The summed E-state index contributed by atoms with van der Waals surface area (Å²) in [6.45, 7) is 2.73. The van der Waals surface area contributed by atoms with Gasteiger partial charge in [0.2, 0.25) is 0 Å². The molecule has 0 bridgehead atoms. The van der Waals surface area contributed by atoms with Crippen LogP contribution in [0, 0.1) is 11.3 Å². The van der Waals surface area contributed by atoms with Crippen LogP contribution in [0.5, 0.6) is 0 Å². The molecular weight excluding hydrogens is 254 g/mol. The van der Waals surface area contributed by atoms with Crippen molar-refractivity contribution >= 4 is 17.4 Å². The van der Waals surface area contributed by atoms with Crippen molar-refractivity contribution in [2.75, 3.05) is 17.6 Å². The lowest BCUT2D eigenvalue weighted by Gasteiger charge is -2.30. The minimum atomic E-state index is -0.0128. The van der Waals surface area contributed by atoms with Crippen LogP contribution in [-0.4, -0.2) is 17.8 Å². The summed E-state index contributed by atoms with van der Waals surface area (Å²) in [7, 11) is 0. The molecule has 102 valence electrons. The number of nitriles is 1. The predicted octanol–water partition coefficient (Wildman–Crippen LogP) is 3.35. The van der Waals surface area contributed by atoms with Crippen LogP contribution >= 0.6 is 11.8 Å². The summed E-state index contributed by atoms with van der Waals surface area (Å²) >= 11 is 1.71. The van der Waals surface area contributed by atoms with Gasteiger partial charge in [0.1, 0.15) is 6.07 Å². The van der Waals surface area contributed by atoms with Crippen molar-refractivity contribution in [2.45, 2.75) is 43.0 Å². The summed E-state index contributed by atoms with van der Waals surface area (Å²) in [5, 5.41) is 13.0. The highest BCUT2D eigenvalue weighted by atomic mass is 32.2. The number of nitrogens with one attached hydrogen (secondary N) is 1. The Hall–Kier alpha value is -1.18. The van der Waals surface area contributed by atoms with Gasteiger partial charge < -0.3 is 11.1 Å². The molecule has 3 N–H and O–H groups in total. The molecule has 0 unspecified atom stereocenters. The monoisotopic (exact) mass is 275 g/mol. The largest absolute Gasteiger partial charge is 0.377 e. The third-order valence-corrected chi connectivity index (χ3v) is 4.73. The van der Waals surface area contributed by atoms with Crippen molar-refractivity contribution < 1.29 is 0 Å². The van der Waals surface area contributed by atoms with Crippen molar-refractivity contribution in [3.63, 3.8) is 0 Å². The van der Waals surface area contributed by atoms with Crippen LogP contribution in [-0.2, 0) is 0 Å². The molecule has 0 heterocycles. The van der Waals surface area contributed by atoms with Gasteiger partial charge in [-0.25, -0.2) is 0 Å². The van der Waals surface area contributed by atoms with Gasteiger partial charge >= 0.3 is 0 Å². The predicted molar refractivity (Wildman–Crippen MR) is 81.4 cm³/mol. The third kappa shape index (κ3) is 3.05. The fourth-order valence-electron chi connectivity index (χ4n) is 2.74. The smallest absolute Gasteiger partial charge is 0.102 e. The molecule has 1 aliphatic rings. The van der Waals surface area contributed by atoms with E-state index in [1.54, 1.807) is 11.8 Å². The fourth-order valence-corrected chi connectivity index (χ4v) is 3.53. The van der Waals surface area contributed by atoms with Crippen LogP contribution in [0.25, 0.3) is 0 Å². The molecule has 1 fully saturated rings. The lowest BCUT2D eigenvalue weighted by molar-refractivity contribution is 0.493. The van der Waals surface area contributed by atoms with Crippen molar-refractivity contribution in [2.24, 2.45) is 5.73 Å². The zero-order chi connectivity index (χ0) is 13.7. The van der Waals surface area contributed by atoms with Crippen LogP contribution in [0.15, 0.2) is 23.1 Å². The second-order valence-electron chi connectivity index (χ2n) is 5.04. The number of hydrogen-bond donors (Lipinski definition) is 2. The summed E-state index contributed by atoms with van der Waals surface area (Å²) in [5.74, 6) is 0.972. The Labute approximate surface area is 119 Å². The Morgan fingerprint density at radius 1 is 1.42 bits per heavy atom. The Balaban J connectivity index is 2.29. The van der Waals surface area contributed by atoms with Crippen molar-refractivity contribution in [1.29, 1.82) is 5.26 Å². The molecule has 0 atom stereocenters. The summed E-state index contributed by atoms with van der Waals surface area (Å²) in [6, 6.07) is 8.36. The van der Waals surface area contributed by atoms with Gasteiger partial charge in [-0.15, -0.1) is 11.8 Å². The minimum absolute atomic E-state index is 0.0128. The third-order valence-electron chi connectivity index (χ3n) is 3.79. The van der Waals surface area contributed by atoms with Gasteiger partial charge in [0.05, 0.1) is 11.3 Å². The van der Waals surface area contributed by atoms with Gasteiger partial charge in [-0.2, -0.15) is 5.26 Å². The number of hydrogen-bond acceptors (Lipinski definition) is 4. The lowest BCUT2D eigenvalue weighted by atomic mass is 9.96. The van der Waals surface area contributed by atoms with E-state index in [2.05, 4.69) is 18.3 Å². The number of anilines is 1. The first-order chi connectivity index (χ1) is 9.24. The van der Waals surface area contributed by atoms with Crippen LogP contribution < -0.4 is 11.1 Å². The molecule has 0 spiro atoms. The van der Waals surface area contributed by atoms with E-state index < -0.39 is 0 Å². The van der Waals surface area contributed by atoms with Gasteiger partial charge in [-0.1, -0.05) is 25.8 Å². The van der Waals surface area contributed by atoms with Gasteiger partial charge in [-0.3, -0.25) is 0 Å². The first kappa shape index (κ1) is 14.2. The highest BCUT2D eigenvalue weighted by Gasteiger charge is 2.32. The normalized spacial score (nSPS) is 17.1. The molecule has 1 aromatic carbocycles. The number of thioether (sulfide) groups is 1. The maximum atomic E-state index is 9.42. The molecule has 0 saturated heterocycles. The molecule has 0 amide bonds. The Kier molecular flexibility index (Phi) is 4.73. The average molecular weight is 275 g/mol. The summed E-state index contributed by atoms with van der Waals surface area (Å²) in [4.78, 5) is 1.06. The molecule has 1 saturated carbocycles. The van der Waals surface area contributed by atoms with E-state index in [0.717, 1.165) is 34.7 Å². The van der Waals surface area contributed by atoms with Crippen LogP contribution in [0.2, 0.25) is 0 Å². The number of nitrogens with two attached hydrogens (primary N) is 1. The van der Waals surface area contributed by atoms with E-state index in [4.69, 9.17) is 5.73 Å². The maximum absolute atomic E-state index is 9.42. The van der Waals surface area contributed by atoms with Crippen LogP contribution in [0.4, 0.5) is 5.69 Å². The number of rotatable bonds is 5. The van der Waals surface area contributed by atoms with E-state index in [9.17, 15) is 5.26 Å². The summed E-state index contributed by atoms with van der Waals surface area (Å²) in [5.41, 5.74) is 7.64. The maximum Gasteiger partial charge on any atom is 0.102 e. The Morgan fingerprint density at radius 2 is 2.16 bits per heavy atom. The minimum Gasteiger partial charge on any atom is -0.377 e. The zero-order valence-corrected chi connectivity index (χ0v) is 12.2. The molecule has 0 aliphatic heterocycles. The van der Waals surface area contributed by atoms with E-state index in [1.165, 1.54) is 12.8 Å². The molecule has 2 rings (SSSR count). The Morgan fingerprint density at radius 3 is 2.74 bits per heavy atom. The molecule has 1 aromatic rings. The van der Waals surface area contributed by atoms with Crippen molar-refractivity contribution in [3.8, 4) is 6.07 Å². The second kappa shape index (κ2) is 6.31. The average Bonchev–Trinajstić information content (AvgIpc) is 2.89. The number of benzene rings is 1. The molecule has 0 radical (unpaired) electrons. The highest BCUT2D eigenvalue weighted by Crippen LogP contribution is 2.35. The fraction of sp³-hybridized carbons (Fsp3) is 0.533. The van der Waals surface area contributed by atoms with Crippen LogP contribution in [0.3, 0.4) is 0 Å². The van der Waals surface area contributed by atoms with Crippen molar-refractivity contribution in [1.82, 2.24) is 0 Å². The first-order valence-electron chi connectivity index (χ1n) is 6.89. The van der Waals surface area contributed by atoms with Gasteiger partial charge in [0, 0.05) is 17.0 Å². The summed E-state index contributed by atoms with van der Waals surface area (Å²) < 4.78 is 0. The van der Waals surface area contributed by atoms with E-state index in [1.807, 2.05) is 18.2 Å². The molecule has 1 aliphatic carbocycles. The molecule has 19 heavy (non-hydrogen) atoms. The standard InChI is InChI=1S/C15H21N3S/c1-2-19-14-7-5-6-13(12(14)10-16)18-15(11-17)8-3-4-9-15/h5-7,18H,2-4,8-9,11,17H2,1H3. The quantitative estimate of drug-likeness (QED) is 0.809. The van der Waals surface area contributed by atoms with Gasteiger partial charge in [0.25, 0.3) is 0 Å². The van der Waals surface area contributed by atoms with Gasteiger partial charge in [0.15, 0.2) is 0 Å². The second-order valence-corrected chi connectivity index (χ2v) is 6.35. The lowest BCUT2D eigenvalue weighted by Crippen LogP contribution is -2.43. The van der Waals surface area contributed by atoms with Gasteiger partial charge in [-0.05, 0) is 30.7 Å².